The molecular weight excluding hydrogens is 699 g/mol. The number of pyridine rings is 1. The number of hydrogen-bond acceptors (Lipinski definition) is 2. The molecule has 0 spiro atoms. The van der Waals surface area contributed by atoms with Crippen LogP contribution in [0.3, 0.4) is 0 Å². The highest BCUT2D eigenvalue weighted by Gasteiger charge is 2.33. The molecule has 6 aromatic carbocycles. The van der Waals surface area contributed by atoms with Gasteiger partial charge in [0.1, 0.15) is 0 Å². The van der Waals surface area contributed by atoms with E-state index < -0.39 is 23.5 Å². The van der Waals surface area contributed by atoms with Crippen molar-refractivity contribution < 1.29 is 26.3 Å². The summed E-state index contributed by atoms with van der Waals surface area (Å²) in [7, 11) is 0. The van der Waals surface area contributed by atoms with Crippen LogP contribution in [-0.4, -0.2) is 14.1 Å². The van der Waals surface area contributed by atoms with E-state index >= 15 is 0 Å². The summed E-state index contributed by atoms with van der Waals surface area (Å²) in [5.41, 5.74) is 2.84. The lowest BCUT2D eigenvalue weighted by atomic mass is 10.0. The van der Waals surface area contributed by atoms with Crippen molar-refractivity contribution in [3.05, 3.63) is 162 Å². The minimum Gasteiger partial charge on any atom is -0.308 e. The van der Waals surface area contributed by atoms with Gasteiger partial charge in [0.05, 0.1) is 67.6 Å². The number of fused-ring (bicyclic) bond motifs is 6. The molecule has 3 aromatic heterocycles. The lowest BCUT2D eigenvalue weighted by Gasteiger charge is -2.21. The summed E-state index contributed by atoms with van der Waals surface area (Å²) >= 11 is 0. The van der Waals surface area contributed by atoms with E-state index in [9.17, 15) is 31.6 Å². The van der Waals surface area contributed by atoms with Crippen molar-refractivity contribution in [1.29, 1.82) is 5.26 Å². The molecule has 4 nitrogen and oxygen atoms in total. The molecule has 0 aliphatic heterocycles. The molecule has 0 aliphatic rings. The second-order valence-electron chi connectivity index (χ2n) is 12.9. The topological polar surface area (TPSA) is 46.5 Å². The Kier molecular flexibility index (Phi) is 7.40. The first kappa shape index (κ1) is 33.0. The second-order valence-corrected chi connectivity index (χ2v) is 12.9. The SMILES string of the molecule is N#Cc1cc(-n2c3ccccc3c3ccc(C(F)(F)F)cc32)c(-c2cccc(-c3ccccc3)n2)c(-n2c3ccccc3c3ccc(C(F)(F)F)cc32)c1. The Hall–Kier alpha value is -6.86. The summed E-state index contributed by atoms with van der Waals surface area (Å²) < 4.78 is 89.1. The smallest absolute Gasteiger partial charge is 0.308 e. The number of para-hydroxylation sites is 2. The molecule has 0 unspecified atom stereocenters. The van der Waals surface area contributed by atoms with E-state index in [0.29, 0.717) is 60.9 Å². The molecule has 0 saturated carbocycles. The first-order chi connectivity index (χ1) is 26.0. The molecule has 3 heterocycles. The molecule has 0 bridgehead atoms. The standard InChI is InChI=1S/C44H24F6N4/c45-43(46,47)28-17-19-32-30-11-4-6-15-36(30)53(38(32)23-28)40-21-26(25-51)22-41(42(40)35-14-8-13-34(52-35)27-9-2-1-3-10-27)54-37-16-7-5-12-31(37)33-20-18-29(24-39(33)54)44(48,49)50/h1-24H. The maximum atomic E-state index is 14.3. The third kappa shape index (κ3) is 5.27. The molecule has 9 rings (SSSR count). The van der Waals surface area contributed by atoms with Gasteiger partial charge in [-0.1, -0.05) is 84.9 Å². The van der Waals surface area contributed by atoms with E-state index in [-0.39, 0.29) is 16.6 Å². The van der Waals surface area contributed by atoms with Gasteiger partial charge >= 0.3 is 12.4 Å². The molecular formula is C44H24F6N4. The van der Waals surface area contributed by atoms with Gasteiger partial charge in [-0.25, -0.2) is 4.98 Å². The summed E-state index contributed by atoms with van der Waals surface area (Å²) in [6, 6.07) is 41.6. The third-order valence-electron chi connectivity index (χ3n) is 9.78. The summed E-state index contributed by atoms with van der Waals surface area (Å²) in [5, 5.41) is 13.0. The van der Waals surface area contributed by atoms with Crippen LogP contribution < -0.4 is 0 Å². The Balaban J connectivity index is 1.49. The predicted octanol–water partition coefficient (Wildman–Crippen LogP) is 12.5. The van der Waals surface area contributed by atoms with Gasteiger partial charge in [0.15, 0.2) is 0 Å². The Morgan fingerprint density at radius 2 is 0.926 bits per heavy atom. The highest BCUT2D eigenvalue weighted by Crippen LogP contribution is 2.44. The fourth-order valence-corrected chi connectivity index (χ4v) is 7.45. The van der Waals surface area contributed by atoms with Crippen LogP contribution in [-0.2, 0) is 12.4 Å². The van der Waals surface area contributed by atoms with Crippen LogP contribution >= 0.6 is 0 Å². The maximum Gasteiger partial charge on any atom is 0.416 e. The second kappa shape index (κ2) is 12.1. The number of nitrogens with zero attached hydrogens (tertiary/aromatic N) is 4. The number of benzene rings is 6. The van der Waals surface area contributed by atoms with Gasteiger partial charge in [-0.2, -0.15) is 31.6 Å². The van der Waals surface area contributed by atoms with Gasteiger partial charge in [-0.3, -0.25) is 0 Å². The van der Waals surface area contributed by atoms with Crippen molar-refractivity contribution in [2.45, 2.75) is 12.4 Å². The fourth-order valence-electron chi connectivity index (χ4n) is 7.45. The zero-order valence-corrected chi connectivity index (χ0v) is 27.9. The first-order valence-electron chi connectivity index (χ1n) is 16.8. The van der Waals surface area contributed by atoms with Gasteiger partial charge < -0.3 is 9.13 Å². The van der Waals surface area contributed by atoms with E-state index in [1.807, 2.05) is 48.5 Å². The summed E-state index contributed by atoms with van der Waals surface area (Å²) in [6.07, 6.45) is -9.30. The zero-order valence-electron chi connectivity index (χ0n) is 27.9. The quantitative estimate of drug-likeness (QED) is 0.170. The molecule has 0 aliphatic carbocycles. The molecule has 0 fully saturated rings. The number of rotatable bonds is 4. The van der Waals surface area contributed by atoms with Crippen molar-refractivity contribution in [3.63, 3.8) is 0 Å². The minimum absolute atomic E-state index is 0.138. The highest BCUT2D eigenvalue weighted by atomic mass is 19.4. The van der Waals surface area contributed by atoms with E-state index in [1.165, 1.54) is 12.1 Å². The van der Waals surface area contributed by atoms with Crippen LogP contribution in [0.4, 0.5) is 26.3 Å². The first-order valence-corrected chi connectivity index (χ1v) is 16.8. The molecule has 0 N–H and O–H groups in total. The summed E-state index contributed by atoms with van der Waals surface area (Å²) in [5.74, 6) is 0. The normalized spacial score (nSPS) is 12.2. The van der Waals surface area contributed by atoms with Crippen molar-refractivity contribution >= 4 is 43.6 Å². The zero-order chi connectivity index (χ0) is 37.4. The molecule has 262 valence electrons. The summed E-state index contributed by atoms with van der Waals surface area (Å²) in [6.45, 7) is 0. The largest absolute Gasteiger partial charge is 0.416 e. The van der Waals surface area contributed by atoms with E-state index in [1.54, 1.807) is 69.8 Å². The number of hydrogen-bond donors (Lipinski definition) is 0. The van der Waals surface area contributed by atoms with Gasteiger partial charge in [-0.05, 0) is 60.7 Å². The van der Waals surface area contributed by atoms with E-state index in [2.05, 4.69) is 6.07 Å². The number of alkyl halides is 6. The number of halogens is 6. The van der Waals surface area contributed by atoms with Gasteiger partial charge in [0.25, 0.3) is 0 Å². The Labute approximate surface area is 303 Å². The van der Waals surface area contributed by atoms with Gasteiger partial charge in [0.2, 0.25) is 0 Å². The van der Waals surface area contributed by atoms with Crippen molar-refractivity contribution in [2.75, 3.05) is 0 Å². The average Bonchev–Trinajstić information content (AvgIpc) is 3.69. The predicted molar refractivity (Wildman–Crippen MR) is 199 cm³/mol. The molecule has 0 amide bonds. The van der Waals surface area contributed by atoms with Crippen LogP contribution in [0, 0.1) is 11.3 Å². The molecule has 0 radical (unpaired) electrons. The third-order valence-corrected chi connectivity index (χ3v) is 9.78. The maximum absolute atomic E-state index is 14.3. The molecule has 10 heteroatoms. The van der Waals surface area contributed by atoms with E-state index in [0.717, 1.165) is 29.8 Å². The van der Waals surface area contributed by atoms with Crippen LogP contribution in [0.2, 0.25) is 0 Å². The van der Waals surface area contributed by atoms with Crippen LogP contribution in [0.25, 0.3) is 77.5 Å². The Bertz CT molecular complexity index is 2830. The minimum atomic E-state index is -4.65. The van der Waals surface area contributed by atoms with Crippen molar-refractivity contribution in [3.8, 4) is 40.0 Å². The lowest BCUT2D eigenvalue weighted by molar-refractivity contribution is -0.138. The summed E-state index contributed by atoms with van der Waals surface area (Å²) in [4.78, 5) is 5.07. The highest BCUT2D eigenvalue weighted by molar-refractivity contribution is 6.12. The number of aromatic nitrogens is 3. The van der Waals surface area contributed by atoms with Crippen molar-refractivity contribution in [1.82, 2.24) is 14.1 Å². The Morgan fingerprint density at radius 3 is 1.43 bits per heavy atom. The monoisotopic (exact) mass is 722 g/mol. The van der Waals surface area contributed by atoms with E-state index in [4.69, 9.17) is 4.98 Å². The van der Waals surface area contributed by atoms with Crippen molar-refractivity contribution in [2.24, 2.45) is 0 Å². The van der Waals surface area contributed by atoms with Crippen LogP contribution in [0.15, 0.2) is 146 Å². The van der Waals surface area contributed by atoms with Gasteiger partial charge in [0, 0.05) is 32.7 Å². The molecule has 0 atom stereocenters. The number of nitriles is 1. The van der Waals surface area contributed by atoms with Crippen LogP contribution in [0.5, 0.6) is 0 Å². The average molecular weight is 723 g/mol. The van der Waals surface area contributed by atoms with Crippen LogP contribution in [0.1, 0.15) is 16.7 Å². The van der Waals surface area contributed by atoms with Gasteiger partial charge in [-0.15, -0.1) is 0 Å². The lowest BCUT2D eigenvalue weighted by Crippen LogP contribution is -2.08. The Morgan fingerprint density at radius 1 is 0.463 bits per heavy atom. The molecule has 9 aromatic rings. The fraction of sp³-hybridized carbons (Fsp3) is 0.0455. The molecule has 0 saturated heterocycles. The molecule has 54 heavy (non-hydrogen) atoms.